The molecule has 3 aromatic rings. The molecule has 0 saturated carbocycles. The fourth-order valence-electron chi connectivity index (χ4n) is 6.69. The van der Waals surface area contributed by atoms with Crippen LogP contribution in [0, 0.1) is 26.1 Å². The average Bonchev–Trinajstić information content (AvgIpc) is 3.55. The van der Waals surface area contributed by atoms with Gasteiger partial charge in [0, 0.05) is 66.0 Å². The van der Waals surface area contributed by atoms with Crippen molar-refractivity contribution >= 4 is 58.9 Å². The minimum atomic E-state index is -2.25. The zero-order valence-electron chi connectivity index (χ0n) is 33.3. The van der Waals surface area contributed by atoms with E-state index < -0.39 is 93.0 Å². The maximum Gasteiger partial charge on any atom is 0.303 e. The third-order valence-electron chi connectivity index (χ3n) is 8.91. The third-order valence-corrected chi connectivity index (χ3v) is 10.6. The second-order valence-electron chi connectivity index (χ2n) is 13.4. The number of nitrogens with zero attached hydrogens (tertiary/aromatic N) is 3. The van der Waals surface area contributed by atoms with E-state index in [0.717, 1.165) is 58.5 Å². The molecule has 318 valence electrons. The number of anilines is 1. The molecule has 0 aromatic heterocycles. The maximum atomic E-state index is 15.3. The summed E-state index contributed by atoms with van der Waals surface area (Å²) in [5.41, 5.74) is -0.147. The fourth-order valence-corrected chi connectivity index (χ4v) is 8.29. The van der Waals surface area contributed by atoms with Gasteiger partial charge in [0.1, 0.15) is 22.3 Å². The molecule has 1 heterocycles. The molecule has 0 fully saturated rings. The van der Waals surface area contributed by atoms with E-state index in [1.54, 1.807) is 48.5 Å². The zero-order chi connectivity index (χ0) is 44.3. The molecular weight excluding hydrogens is 809 g/mol. The fraction of sp³-hybridized carbons (Fsp3) is 0.350. The first kappa shape index (κ1) is 45.9. The summed E-state index contributed by atoms with van der Waals surface area (Å²) >= 11 is 0.718. The highest BCUT2D eigenvalue weighted by Gasteiger charge is 2.67. The van der Waals surface area contributed by atoms with Gasteiger partial charge in [-0.3, -0.25) is 49.0 Å². The van der Waals surface area contributed by atoms with E-state index >= 15 is 4.79 Å². The molecule has 0 unspecified atom stereocenters. The topological polar surface area (TPSA) is 250 Å². The number of hydrogen-bond acceptors (Lipinski definition) is 17. The summed E-state index contributed by atoms with van der Waals surface area (Å²) < 4.78 is 25.6. The number of nitro benzene ring substituents is 1. The molecule has 4 rings (SSSR count). The Hall–Kier alpha value is -6.83. The van der Waals surface area contributed by atoms with Crippen LogP contribution >= 0.6 is 11.8 Å². The molecule has 20 heteroatoms. The lowest BCUT2D eigenvalue weighted by atomic mass is 9.76. The second-order valence-corrected chi connectivity index (χ2v) is 14.6. The molecule has 0 radical (unpaired) electrons. The number of nitro groups is 2. The van der Waals surface area contributed by atoms with Crippen LogP contribution in [0.2, 0.25) is 0 Å². The molecular formula is C40H42N4O15S. The number of hydrogen-bond donors (Lipinski definition) is 1. The molecule has 19 nitrogen and oxygen atoms in total. The van der Waals surface area contributed by atoms with Crippen molar-refractivity contribution in [3.63, 3.8) is 0 Å². The molecule has 0 saturated heterocycles. The smallest absolute Gasteiger partial charge is 0.303 e. The van der Waals surface area contributed by atoms with Crippen LogP contribution in [0.25, 0.3) is 0 Å². The van der Waals surface area contributed by atoms with Crippen molar-refractivity contribution in [3.8, 4) is 0 Å². The van der Waals surface area contributed by atoms with Gasteiger partial charge in [-0.2, -0.15) is 0 Å². The average molecular weight is 851 g/mol. The number of ether oxygens (including phenoxy) is 5. The summed E-state index contributed by atoms with van der Waals surface area (Å²) in [7, 11) is 1.53. The van der Waals surface area contributed by atoms with Gasteiger partial charge in [-0.25, -0.2) is 0 Å². The van der Waals surface area contributed by atoms with Crippen LogP contribution in [0.3, 0.4) is 0 Å². The quantitative estimate of drug-likeness (QED) is 0.0791. The van der Waals surface area contributed by atoms with Crippen molar-refractivity contribution in [1.29, 1.82) is 0 Å². The predicted molar refractivity (Wildman–Crippen MR) is 212 cm³/mol. The van der Waals surface area contributed by atoms with Crippen LogP contribution in [-0.4, -0.2) is 88.6 Å². The summed E-state index contributed by atoms with van der Waals surface area (Å²) in [6, 6.07) is 21.3. The van der Waals surface area contributed by atoms with Gasteiger partial charge in [0.2, 0.25) is 5.91 Å². The van der Waals surface area contributed by atoms with Gasteiger partial charge in [-0.15, -0.1) is 0 Å². The first-order valence-corrected chi connectivity index (χ1v) is 18.9. The Morgan fingerprint density at radius 3 is 1.75 bits per heavy atom. The third kappa shape index (κ3) is 11.2. The number of amides is 1. The number of esters is 5. The van der Waals surface area contributed by atoms with Gasteiger partial charge >= 0.3 is 29.8 Å². The minimum Gasteiger partial charge on any atom is -0.462 e. The Kier molecular flexibility index (Phi) is 15.5. The first-order chi connectivity index (χ1) is 28.3. The monoisotopic (exact) mass is 850 g/mol. The summed E-state index contributed by atoms with van der Waals surface area (Å²) in [5.74, 6) is -8.02. The van der Waals surface area contributed by atoms with Crippen molar-refractivity contribution in [2.45, 2.75) is 70.3 Å². The van der Waals surface area contributed by atoms with E-state index in [4.69, 9.17) is 23.7 Å². The highest BCUT2D eigenvalue weighted by atomic mass is 32.2. The summed E-state index contributed by atoms with van der Waals surface area (Å²) in [4.78, 5) is 104. The van der Waals surface area contributed by atoms with Crippen LogP contribution in [0.15, 0.2) is 95.7 Å². The SMILES string of the molecule is CC(=O)OC[C@@H](OC(C)=O)[C@@H](OC(C)=O)[C@H](OC(C)=O)[C@H](OC(C)=O)[C@H]1C([N+](=O)[O-])=C(N(C)Cc2ccccc2)S[C@@]1(C(=O)Nc1ccc([N+](=O)[O-])cc1)c1ccccc1. The van der Waals surface area contributed by atoms with Crippen LogP contribution < -0.4 is 5.32 Å². The molecule has 1 N–H and O–H groups in total. The van der Waals surface area contributed by atoms with Crippen LogP contribution in [0.5, 0.6) is 0 Å². The summed E-state index contributed by atoms with van der Waals surface area (Å²) in [5, 5.41) is 27.7. The van der Waals surface area contributed by atoms with Crippen molar-refractivity contribution in [2.24, 2.45) is 5.92 Å². The standard InChI is InChI=1S/C40H42N4O15S/c1-23(45)55-22-32(56-24(2)46)35(57-25(3)47)37(59-27(5)49)36(58-26(4)48)33-34(44(53)54)38(42(6)21-28-13-9-7-10-14-28)60-40(33,29-15-11-8-12-16-29)39(50)41-30-17-19-31(20-18-30)43(51)52/h7-20,32-33,35-37H,21-22H2,1-6H3,(H,41,50)/t32-,33-,35-,36-,37+,40+/m1/s1. The lowest BCUT2D eigenvalue weighted by Crippen LogP contribution is -2.59. The first-order valence-electron chi connectivity index (χ1n) is 18.1. The zero-order valence-corrected chi connectivity index (χ0v) is 34.1. The summed E-state index contributed by atoms with van der Waals surface area (Å²) in [6.45, 7) is 4.11. The number of rotatable bonds is 18. The number of benzene rings is 3. The highest BCUT2D eigenvalue weighted by molar-refractivity contribution is 8.04. The largest absolute Gasteiger partial charge is 0.462 e. The molecule has 0 aliphatic carbocycles. The van der Waals surface area contributed by atoms with E-state index in [9.17, 15) is 44.2 Å². The number of carbonyl (C=O) groups excluding carboxylic acids is 6. The minimum absolute atomic E-state index is 0.0312. The number of nitrogens with one attached hydrogen (secondary N) is 1. The molecule has 1 aliphatic rings. The number of carbonyl (C=O) groups is 6. The van der Waals surface area contributed by atoms with E-state index in [-0.39, 0.29) is 28.5 Å². The molecule has 3 aromatic carbocycles. The number of thioether (sulfide) groups is 1. The van der Waals surface area contributed by atoms with Gasteiger partial charge in [0.15, 0.2) is 24.4 Å². The molecule has 1 amide bonds. The normalized spacial score (nSPS) is 17.8. The summed E-state index contributed by atoms with van der Waals surface area (Å²) in [6.07, 6.45) is -8.04. The lowest BCUT2D eigenvalue weighted by molar-refractivity contribution is -0.438. The van der Waals surface area contributed by atoms with E-state index in [1.165, 1.54) is 36.2 Å². The van der Waals surface area contributed by atoms with Crippen molar-refractivity contribution in [3.05, 3.63) is 127 Å². The van der Waals surface area contributed by atoms with Crippen molar-refractivity contribution in [2.75, 3.05) is 19.0 Å². The maximum absolute atomic E-state index is 15.3. The van der Waals surface area contributed by atoms with Gasteiger partial charge in [-0.1, -0.05) is 72.4 Å². The Morgan fingerprint density at radius 1 is 0.717 bits per heavy atom. The van der Waals surface area contributed by atoms with Gasteiger partial charge < -0.3 is 33.9 Å². The second kappa shape index (κ2) is 20.2. The molecule has 1 aliphatic heterocycles. The molecule has 0 spiro atoms. The number of non-ortho nitro benzene ring substituents is 1. The van der Waals surface area contributed by atoms with Crippen molar-refractivity contribution in [1.82, 2.24) is 4.90 Å². The van der Waals surface area contributed by atoms with Crippen LogP contribution in [-0.2, 0) is 63.7 Å². The highest BCUT2D eigenvalue weighted by Crippen LogP contribution is 2.60. The van der Waals surface area contributed by atoms with E-state index in [2.05, 4.69) is 5.32 Å². The van der Waals surface area contributed by atoms with E-state index in [1.807, 2.05) is 0 Å². The Morgan fingerprint density at radius 2 is 1.25 bits per heavy atom. The van der Waals surface area contributed by atoms with E-state index in [0.29, 0.717) is 5.56 Å². The van der Waals surface area contributed by atoms with Gasteiger partial charge in [0.25, 0.3) is 11.4 Å². The van der Waals surface area contributed by atoms with Gasteiger partial charge in [-0.05, 0) is 23.3 Å². The lowest BCUT2D eigenvalue weighted by Gasteiger charge is -2.41. The van der Waals surface area contributed by atoms with Crippen molar-refractivity contribution < 1.29 is 62.3 Å². The molecule has 0 bridgehead atoms. The van der Waals surface area contributed by atoms with Crippen LogP contribution in [0.1, 0.15) is 45.7 Å². The van der Waals surface area contributed by atoms with Gasteiger partial charge in [0.05, 0.1) is 9.85 Å². The molecule has 60 heavy (non-hydrogen) atoms. The Balaban J connectivity index is 2.14. The Labute approximate surface area is 347 Å². The predicted octanol–water partition coefficient (Wildman–Crippen LogP) is 4.66. The molecule has 6 atom stereocenters. The van der Waals surface area contributed by atoms with Crippen LogP contribution in [0.4, 0.5) is 11.4 Å². The Bertz CT molecular complexity index is 2130.